The van der Waals surface area contributed by atoms with Crippen molar-refractivity contribution in [2.75, 3.05) is 13.2 Å². The van der Waals surface area contributed by atoms with Crippen molar-refractivity contribution in [2.45, 2.75) is 50.9 Å². The molecule has 3 N–H and O–H groups in total. The topological polar surface area (TPSA) is 57.3 Å². The zero-order chi connectivity index (χ0) is 15.2. The number of aliphatic hydroxyl groups excluding tert-OH is 1. The Morgan fingerprint density at radius 3 is 2.91 bits per heavy atom. The van der Waals surface area contributed by atoms with E-state index in [1.807, 2.05) is 18.3 Å². The highest BCUT2D eigenvalue weighted by molar-refractivity contribution is 5.82. The second kappa shape index (κ2) is 7.77. The van der Waals surface area contributed by atoms with E-state index in [1.165, 1.54) is 37.5 Å². The van der Waals surface area contributed by atoms with Crippen LogP contribution in [0.25, 0.3) is 10.9 Å². The first-order valence-corrected chi connectivity index (χ1v) is 8.37. The van der Waals surface area contributed by atoms with Gasteiger partial charge >= 0.3 is 0 Å². The summed E-state index contributed by atoms with van der Waals surface area (Å²) in [5, 5.41) is 14.7. The van der Waals surface area contributed by atoms with Gasteiger partial charge in [0.05, 0.1) is 19.3 Å². The minimum atomic E-state index is -0.438. The van der Waals surface area contributed by atoms with Crippen LogP contribution < -0.4 is 5.32 Å². The van der Waals surface area contributed by atoms with Crippen molar-refractivity contribution in [3.63, 3.8) is 0 Å². The predicted molar refractivity (Wildman–Crippen MR) is 88.8 cm³/mol. The van der Waals surface area contributed by atoms with Gasteiger partial charge in [0, 0.05) is 35.2 Å². The Morgan fingerprint density at radius 2 is 2.05 bits per heavy atom. The van der Waals surface area contributed by atoms with Gasteiger partial charge in [-0.2, -0.15) is 0 Å². The molecule has 2 aromatic rings. The van der Waals surface area contributed by atoms with Crippen molar-refractivity contribution in [2.24, 2.45) is 0 Å². The molecule has 3 rings (SSSR count). The van der Waals surface area contributed by atoms with Crippen LogP contribution in [0.2, 0.25) is 0 Å². The Hall–Kier alpha value is -1.36. The van der Waals surface area contributed by atoms with Gasteiger partial charge in [-0.3, -0.25) is 0 Å². The first kappa shape index (κ1) is 15.5. The van der Waals surface area contributed by atoms with E-state index in [1.54, 1.807) is 0 Å². The molecule has 1 saturated carbocycles. The average molecular weight is 302 g/mol. The Morgan fingerprint density at radius 1 is 1.23 bits per heavy atom. The predicted octanol–water partition coefficient (Wildman–Crippen LogP) is 2.97. The smallest absolute Gasteiger partial charge is 0.0897 e. The summed E-state index contributed by atoms with van der Waals surface area (Å²) in [4.78, 5) is 3.24. The molecular weight excluding hydrogens is 276 g/mol. The van der Waals surface area contributed by atoms with Crippen LogP contribution in [0.3, 0.4) is 0 Å². The first-order chi connectivity index (χ1) is 10.8. The van der Waals surface area contributed by atoms with Gasteiger partial charge in [0.2, 0.25) is 0 Å². The summed E-state index contributed by atoms with van der Waals surface area (Å²) >= 11 is 0. The zero-order valence-electron chi connectivity index (χ0n) is 13.1. The SMILES string of the molecule is OC(CNC1CCCCC1)COCc1c[nH]c2ccccc12. The van der Waals surface area contributed by atoms with Crippen LogP contribution >= 0.6 is 0 Å². The molecule has 1 fully saturated rings. The van der Waals surface area contributed by atoms with Gasteiger partial charge in [-0.15, -0.1) is 0 Å². The van der Waals surface area contributed by atoms with E-state index in [0.29, 0.717) is 25.8 Å². The molecule has 0 saturated heterocycles. The van der Waals surface area contributed by atoms with Crippen molar-refractivity contribution in [1.82, 2.24) is 10.3 Å². The molecule has 0 radical (unpaired) electrons. The Balaban J connectivity index is 1.39. The van der Waals surface area contributed by atoms with Gasteiger partial charge in [0.1, 0.15) is 0 Å². The highest BCUT2D eigenvalue weighted by atomic mass is 16.5. The third-order valence-corrected chi connectivity index (χ3v) is 4.49. The number of nitrogens with one attached hydrogen (secondary N) is 2. The minimum absolute atomic E-state index is 0.374. The van der Waals surface area contributed by atoms with Crippen LogP contribution in [0.15, 0.2) is 30.5 Å². The van der Waals surface area contributed by atoms with Crippen molar-refractivity contribution < 1.29 is 9.84 Å². The summed E-state index contributed by atoms with van der Waals surface area (Å²) in [5.74, 6) is 0. The fourth-order valence-corrected chi connectivity index (χ4v) is 3.22. The summed E-state index contributed by atoms with van der Waals surface area (Å²) in [6.45, 7) is 1.53. The lowest BCUT2D eigenvalue weighted by molar-refractivity contribution is 0.0274. The standard InChI is InChI=1S/C18H26N2O2/c21-16(11-19-15-6-2-1-3-7-15)13-22-12-14-10-20-18-9-5-4-8-17(14)18/h4-5,8-10,15-16,19-21H,1-3,6-7,11-13H2. The maximum absolute atomic E-state index is 10.0. The molecule has 0 aliphatic heterocycles. The van der Waals surface area contributed by atoms with Gasteiger partial charge in [-0.1, -0.05) is 37.5 Å². The number of ether oxygens (including phenoxy) is 1. The normalized spacial score (nSPS) is 17.9. The Kier molecular flexibility index (Phi) is 5.48. The van der Waals surface area contributed by atoms with Gasteiger partial charge in [-0.25, -0.2) is 0 Å². The summed E-state index contributed by atoms with van der Waals surface area (Å²) in [5.41, 5.74) is 2.27. The number of hydrogen-bond acceptors (Lipinski definition) is 3. The summed E-state index contributed by atoms with van der Waals surface area (Å²) in [7, 11) is 0. The minimum Gasteiger partial charge on any atom is -0.389 e. The number of benzene rings is 1. The van der Waals surface area contributed by atoms with E-state index >= 15 is 0 Å². The summed E-state index contributed by atoms with van der Waals surface area (Å²) in [6, 6.07) is 8.78. The second-order valence-corrected chi connectivity index (χ2v) is 6.27. The fourth-order valence-electron chi connectivity index (χ4n) is 3.22. The molecule has 1 aromatic heterocycles. The number of para-hydroxylation sites is 1. The maximum Gasteiger partial charge on any atom is 0.0897 e. The first-order valence-electron chi connectivity index (χ1n) is 8.37. The highest BCUT2D eigenvalue weighted by Crippen LogP contribution is 2.19. The van der Waals surface area contributed by atoms with Gasteiger partial charge in [0.15, 0.2) is 0 Å². The van der Waals surface area contributed by atoms with Crippen LogP contribution in [-0.2, 0) is 11.3 Å². The van der Waals surface area contributed by atoms with Crippen molar-refractivity contribution in [3.05, 3.63) is 36.0 Å². The summed E-state index contributed by atoms with van der Waals surface area (Å²) in [6.07, 6.45) is 8.00. The molecule has 0 spiro atoms. The van der Waals surface area contributed by atoms with Crippen LogP contribution in [0.5, 0.6) is 0 Å². The monoisotopic (exact) mass is 302 g/mol. The second-order valence-electron chi connectivity index (χ2n) is 6.27. The third kappa shape index (κ3) is 4.09. The molecular formula is C18H26N2O2. The molecule has 0 bridgehead atoms. The molecule has 1 heterocycles. The molecule has 4 heteroatoms. The molecule has 1 aliphatic rings. The molecule has 1 aromatic carbocycles. The Labute approximate surface area is 131 Å². The third-order valence-electron chi connectivity index (χ3n) is 4.49. The van der Waals surface area contributed by atoms with Crippen molar-refractivity contribution in [1.29, 1.82) is 0 Å². The molecule has 120 valence electrons. The maximum atomic E-state index is 10.0. The number of rotatable bonds is 7. The molecule has 1 aliphatic carbocycles. The van der Waals surface area contributed by atoms with E-state index in [9.17, 15) is 5.11 Å². The molecule has 1 unspecified atom stereocenters. The highest BCUT2D eigenvalue weighted by Gasteiger charge is 2.14. The van der Waals surface area contributed by atoms with Gasteiger partial charge < -0.3 is 20.1 Å². The average Bonchev–Trinajstić information content (AvgIpc) is 2.97. The van der Waals surface area contributed by atoms with E-state index in [-0.39, 0.29) is 0 Å². The van der Waals surface area contributed by atoms with Crippen LogP contribution in [0, 0.1) is 0 Å². The lowest BCUT2D eigenvalue weighted by Crippen LogP contribution is -2.38. The largest absolute Gasteiger partial charge is 0.389 e. The molecule has 22 heavy (non-hydrogen) atoms. The molecule has 4 nitrogen and oxygen atoms in total. The van der Waals surface area contributed by atoms with Gasteiger partial charge in [0.25, 0.3) is 0 Å². The number of fused-ring (bicyclic) bond motifs is 1. The van der Waals surface area contributed by atoms with E-state index in [0.717, 1.165) is 11.1 Å². The lowest BCUT2D eigenvalue weighted by Gasteiger charge is -2.24. The number of aliphatic hydroxyl groups is 1. The van der Waals surface area contributed by atoms with Crippen LogP contribution in [-0.4, -0.2) is 35.4 Å². The quantitative estimate of drug-likeness (QED) is 0.737. The van der Waals surface area contributed by atoms with Crippen LogP contribution in [0.4, 0.5) is 0 Å². The van der Waals surface area contributed by atoms with E-state index in [2.05, 4.69) is 22.4 Å². The van der Waals surface area contributed by atoms with E-state index < -0.39 is 6.10 Å². The number of H-pyrrole nitrogens is 1. The van der Waals surface area contributed by atoms with E-state index in [4.69, 9.17) is 4.74 Å². The lowest BCUT2D eigenvalue weighted by atomic mass is 9.95. The molecule has 0 amide bonds. The number of aromatic nitrogens is 1. The van der Waals surface area contributed by atoms with Crippen LogP contribution in [0.1, 0.15) is 37.7 Å². The Bertz CT molecular complexity index is 575. The fraction of sp³-hybridized carbons (Fsp3) is 0.556. The number of hydrogen-bond donors (Lipinski definition) is 3. The zero-order valence-corrected chi connectivity index (χ0v) is 13.1. The van der Waals surface area contributed by atoms with Crippen molar-refractivity contribution >= 4 is 10.9 Å². The molecule has 1 atom stereocenters. The van der Waals surface area contributed by atoms with Crippen molar-refractivity contribution in [3.8, 4) is 0 Å². The summed E-state index contributed by atoms with van der Waals surface area (Å²) < 4.78 is 5.68. The van der Waals surface area contributed by atoms with Gasteiger partial charge in [-0.05, 0) is 18.9 Å². The number of aromatic amines is 1.